The monoisotopic (exact) mass is 320 g/mol. The third kappa shape index (κ3) is 3.96. The number of aromatic hydroxyl groups is 1. The van der Waals surface area contributed by atoms with Gasteiger partial charge in [0.25, 0.3) is 0 Å². The molecule has 0 radical (unpaired) electrons. The van der Waals surface area contributed by atoms with E-state index in [1.54, 1.807) is 12.1 Å². The van der Waals surface area contributed by atoms with Crippen molar-refractivity contribution in [3.8, 4) is 5.75 Å². The molecule has 0 spiro atoms. The number of halogens is 1. The Balaban J connectivity index is 1.98. The van der Waals surface area contributed by atoms with E-state index in [1.807, 2.05) is 25.3 Å². The van der Waals surface area contributed by atoms with E-state index in [9.17, 15) is 5.11 Å². The van der Waals surface area contributed by atoms with Crippen molar-refractivity contribution in [2.45, 2.75) is 26.3 Å². The van der Waals surface area contributed by atoms with Gasteiger partial charge in [-0.2, -0.15) is 0 Å². The van der Waals surface area contributed by atoms with Crippen LogP contribution < -0.4 is 5.32 Å². The summed E-state index contributed by atoms with van der Waals surface area (Å²) in [6, 6.07) is 9.69. The van der Waals surface area contributed by atoms with Crippen LogP contribution >= 0.6 is 15.9 Å². The second kappa shape index (κ2) is 6.06. The van der Waals surface area contributed by atoms with Crippen molar-refractivity contribution in [2.75, 3.05) is 5.32 Å². The summed E-state index contributed by atoms with van der Waals surface area (Å²) in [7, 11) is 0. The molecule has 1 unspecified atom stereocenters. The number of phenols is 1. The zero-order valence-electron chi connectivity index (χ0n) is 11.0. The van der Waals surface area contributed by atoms with Gasteiger partial charge in [-0.3, -0.25) is 0 Å². The minimum absolute atomic E-state index is 0.298. The number of phenolic OH excluding ortho intramolecular Hbond substituents is 1. The van der Waals surface area contributed by atoms with Crippen molar-refractivity contribution < 1.29 is 5.11 Å². The minimum atomic E-state index is 0.298. The highest BCUT2D eigenvalue weighted by molar-refractivity contribution is 9.10. The standard InChI is InChI=1S/C15H17BrN2O/c1-10-7-13(9-17-15(10)16)18-11(2)8-12-3-5-14(19)6-4-12/h3-7,9,11,18-19H,8H2,1-2H3. The first-order valence-electron chi connectivity index (χ1n) is 6.21. The maximum atomic E-state index is 9.25. The van der Waals surface area contributed by atoms with Crippen LogP contribution in [-0.4, -0.2) is 16.1 Å². The van der Waals surface area contributed by atoms with Gasteiger partial charge in [0.1, 0.15) is 10.4 Å². The molecule has 4 heteroatoms. The van der Waals surface area contributed by atoms with E-state index in [4.69, 9.17) is 0 Å². The third-order valence-corrected chi connectivity index (χ3v) is 3.74. The van der Waals surface area contributed by atoms with Gasteiger partial charge in [-0.1, -0.05) is 12.1 Å². The molecule has 0 aliphatic carbocycles. The molecule has 0 bridgehead atoms. The number of aryl methyl sites for hydroxylation is 1. The third-order valence-electron chi connectivity index (χ3n) is 2.91. The molecule has 0 aliphatic heterocycles. The predicted molar refractivity (Wildman–Crippen MR) is 81.6 cm³/mol. The fraction of sp³-hybridized carbons (Fsp3) is 0.267. The van der Waals surface area contributed by atoms with Gasteiger partial charge in [0.15, 0.2) is 0 Å². The normalized spacial score (nSPS) is 12.2. The first-order valence-corrected chi connectivity index (χ1v) is 7.00. The van der Waals surface area contributed by atoms with Gasteiger partial charge < -0.3 is 10.4 Å². The second-order valence-electron chi connectivity index (χ2n) is 4.75. The molecule has 0 saturated heterocycles. The first kappa shape index (κ1) is 13.9. The van der Waals surface area contributed by atoms with Crippen LogP contribution in [0.2, 0.25) is 0 Å². The maximum absolute atomic E-state index is 9.25. The van der Waals surface area contributed by atoms with Gasteiger partial charge in [-0.15, -0.1) is 0 Å². The second-order valence-corrected chi connectivity index (χ2v) is 5.50. The van der Waals surface area contributed by atoms with E-state index >= 15 is 0 Å². The molecule has 1 heterocycles. The van der Waals surface area contributed by atoms with Gasteiger partial charge >= 0.3 is 0 Å². The number of hydrogen-bond acceptors (Lipinski definition) is 3. The Hall–Kier alpha value is -1.55. The summed E-state index contributed by atoms with van der Waals surface area (Å²) >= 11 is 3.39. The zero-order valence-corrected chi connectivity index (χ0v) is 12.6. The summed E-state index contributed by atoms with van der Waals surface area (Å²) in [4.78, 5) is 4.27. The lowest BCUT2D eigenvalue weighted by atomic mass is 10.1. The average Bonchev–Trinajstić information content (AvgIpc) is 2.37. The van der Waals surface area contributed by atoms with Crippen molar-refractivity contribution in [2.24, 2.45) is 0 Å². The Morgan fingerprint density at radius 1 is 1.32 bits per heavy atom. The number of nitrogens with one attached hydrogen (secondary N) is 1. The molecule has 3 nitrogen and oxygen atoms in total. The Morgan fingerprint density at radius 2 is 2.00 bits per heavy atom. The van der Waals surface area contributed by atoms with Gasteiger partial charge in [0.05, 0.1) is 11.9 Å². The highest BCUT2D eigenvalue weighted by Gasteiger charge is 2.05. The van der Waals surface area contributed by atoms with Gasteiger partial charge in [0, 0.05) is 6.04 Å². The Labute approximate surface area is 121 Å². The van der Waals surface area contributed by atoms with Crippen molar-refractivity contribution in [3.63, 3.8) is 0 Å². The Bertz CT molecular complexity index is 555. The van der Waals surface area contributed by atoms with Crippen molar-refractivity contribution in [1.82, 2.24) is 4.98 Å². The van der Waals surface area contributed by atoms with Crippen LogP contribution in [-0.2, 0) is 6.42 Å². The number of benzene rings is 1. The molecule has 2 rings (SSSR count). The van der Waals surface area contributed by atoms with Crippen molar-refractivity contribution in [3.05, 3.63) is 52.3 Å². The quantitative estimate of drug-likeness (QED) is 0.840. The summed E-state index contributed by atoms with van der Waals surface area (Å²) in [6.45, 7) is 4.15. The Kier molecular flexibility index (Phi) is 4.43. The van der Waals surface area contributed by atoms with E-state index in [0.29, 0.717) is 11.8 Å². The van der Waals surface area contributed by atoms with Crippen LogP contribution in [0.25, 0.3) is 0 Å². The lowest BCUT2D eigenvalue weighted by Crippen LogP contribution is -2.18. The summed E-state index contributed by atoms with van der Waals surface area (Å²) < 4.78 is 0.879. The van der Waals surface area contributed by atoms with E-state index in [1.165, 1.54) is 5.56 Å². The highest BCUT2D eigenvalue weighted by atomic mass is 79.9. The molecule has 0 saturated carbocycles. The summed E-state index contributed by atoms with van der Waals surface area (Å²) in [6.07, 6.45) is 2.72. The number of nitrogens with zero attached hydrogens (tertiary/aromatic N) is 1. The maximum Gasteiger partial charge on any atom is 0.115 e. The predicted octanol–water partition coefficient (Wildman–Crippen LogP) is 3.90. The van der Waals surface area contributed by atoms with Crippen LogP contribution in [0.1, 0.15) is 18.1 Å². The minimum Gasteiger partial charge on any atom is -0.508 e. The Morgan fingerprint density at radius 3 is 2.63 bits per heavy atom. The van der Waals surface area contributed by atoms with Crippen LogP contribution in [0.3, 0.4) is 0 Å². The molecule has 1 atom stereocenters. The number of aromatic nitrogens is 1. The van der Waals surface area contributed by atoms with E-state index in [0.717, 1.165) is 22.3 Å². The molecular weight excluding hydrogens is 304 g/mol. The van der Waals surface area contributed by atoms with Crippen LogP contribution in [0.15, 0.2) is 41.1 Å². The van der Waals surface area contributed by atoms with Gasteiger partial charge in [-0.25, -0.2) is 4.98 Å². The molecule has 0 amide bonds. The SMILES string of the molecule is Cc1cc(NC(C)Cc2ccc(O)cc2)cnc1Br. The van der Waals surface area contributed by atoms with Crippen LogP contribution in [0, 0.1) is 6.92 Å². The molecule has 1 aromatic heterocycles. The molecule has 2 N–H and O–H groups in total. The van der Waals surface area contributed by atoms with E-state index < -0.39 is 0 Å². The molecule has 1 aromatic carbocycles. The topological polar surface area (TPSA) is 45.1 Å². The number of pyridine rings is 1. The van der Waals surface area contributed by atoms with E-state index in [2.05, 4.69) is 39.2 Å². The molecule has 100 valence electrons. The van der Waals surface area contributed by atoms with Crippen LogP contribution in [0.5, 0.6) is 5.75 Å². The largest absolute Gasteiger partial charge is 0.508 e. The fourth-order valence-corrected chi connectivity index (χ4v) is 2.18. The average molecular weight is 321 g/mol. The summed E-state index contributed by atoms with van der Waals surface area (Å²) in [5.41, 5.74) is 3.33. The van der Waals surface area contributed by atoms with Crippen molar-refractivity contribution >= 4 is 21.6 Å². The van der Waals surface area contributed by atoms with Crippen molar-refractivity contribution in [1.29, 1.82) is 0 Å². The number of anilines is 1. The smallest absolute Gasteiger partial charge is 0.115 e. The molecular formula is C15H17BrN2O. The highest BCUT2D eigenvalue weighted by Crippen LogP contribution is 2.18. The van der Waals surface area contributed by atoms with Gasteiger partial charge in [-0.05, 0) is 65.5 Å². The molecule has 19 heavy (non-hydrogen) atoms. The molecule has 2 aromatic rings. The lowest BCUT2D eigenvalue weighted by Gasteiger charge is -2.15. The van der Waals surface area contributed by atoms with Crippen LogP contribution in [0.4, 0.5) is 5.69 Å². The fourth-order valence-electron chi connectivity index (χ4n) is 1.96. The molecule has 0 fully saturated rings. The summed E-state index contributed by atoms with van der Waals surface area (Å²) in [5.74, 6) is 0.303. The summed E-state index contributed by atoms with van der Waals surface area (Å²) in [5, 5.41) is 12.7. The van der Waals surface area contributed by atoms with Gasteiger partial charge in [0.2, 0.25) is 0 Å². The molecule has 0 aliphatic rings. The lowest BCUT2D eigenvalue weighted by molar-refractivity contribution is 0.475. The zero-order chi connectivity index (χ0) is 13.8. The van der Waals surface area contributed by atoms with E-state index in [-0.39, 0.29) is 0 Å². The number of hydrogen-bond donors (Lipinski definition) is 2. The first-order chi connectivity index (χ1) is 9.04. The number of rotatable bonds is 4.